The summed E-state index contributed by atoms with van der Waals surface area (Å²) in [5, 5.41) is 19.4. The van der Waals surface area contributed by atoms with Crippen molar-refractivity contribution in [2.45, 2.75) is 20.0 Å². The molecule has 0 aromatic carbocycles. The zero-order chi connectivity index (χ0) is 12.3. The van der Waals surface area contributed by atoms with Crippen LogP contribution in [-0.2, 0) is 13.1 Å². The van der Waals surface area contributed by atoms with Crippen molar-refractivity contribution in [1.29, 1.82) is 0 Å². The highest BCUT2D eigenvalue weighted by atomic mass is 16.4. The number of anilines is 1. The molecule has 0 aliphatic carbocycles. The number of nitrogens with one attached hydrogen (secondary N) is 1. The van der Waals surface area contributed by atoms with Gasteiger partial charge >= 0.3 is 5.97 Å². The van der Waals surface area contributed by atoms with E-state index in [0.29, 0.717) is 12.4 Å². The molecule has 0 spiro atoms. The van der Waals surface area contributed by atoms with Crippen LogP contribution in [0.15, 0.2) is 22.9 Å². The van der Waals surface area contributed by atoms with Gasteiger partial charge in [0.15, 0.2) is 11.7 Å². The van der Waals surface area contributed by atoms with Crippen LogP contribution in [0.4, 0.5) is 5.88 Å². The highest BCUT2D eigenvalue weighted by Gasteiger charge is 2.09. The number of hydrogen-bond donors (Lipinski definition) is 2. The first-order valence-electron chi connectivity index (χ1n) is 5.14. The first kappa shape index (κ1) is 11.2. The lowest BCUT2D eigenvalue weighted by atomic mass is 10.4. The van der Waals surface area contributed by atoms with Crippen molar-refractivity contribution in [3.8, 4) is 0 Å². The van der Waals surface area contributed by atoms with Crippen LogP contribution in [0.1, 0.15) is 23.3 Å². The number of furan rings is 1. The van der Waals surface area contributed by atoms with Crippen LogP contribution in [0.3, 0.4) is 0 Å². The largest absolute Gasteiger partial charge is 0.475 e. The van der Waals surface area contributed by atoms with E-state index in [0.717, 1.165) is 12.4 Å². The Morgan fingerprint density at radius 3 is 3.06 bits per heavy atom. The second-order valence-electron chi connectivity index (χ2n) is 3.36. The third kappa shape index (κ3) is 2.44. The Morgan fingerprint density at radius 2 is 2.41 bits per heavy atom. The molecule has 2 rings (SSSR count). The maximum Gasteiger partial charge on any atom is 0.371 e. The molecule has 90 valence electrons. The van der Waals surface area contributed by atoms with Gasteiger partial charge in [0.2, 0.25) is 5.76 Å². The molecule has 17 heavy (non-hydrogen) atoms. The molecule has 7 nitrogen and oxygen atoms in total. The van der Waals surface area contributed by atoms with E-state index in [1.165, 1.54) is 6.07 Å². The van der Waals surface area contributed by atoms with Crippen LogP contribution >= 0.6 is 0 Å². The normalized spacial score (nSPS) is 10.4. The van der Waals surface area contributed by atoms with E-state index in [4.69, 9.17) is 9.52 Å². The highest BCUT2D eigenvalue weighted by Crippen LogP contribution is 2.13. The zero-order valence-electron chi connectivity index (χ0n) is 9.25. The lowest BCUT2D eigenvalue weighted by molar-refractivity contribution is 0.0663. The summed E-state index contributed by atoms with van der Waals surface area (Å²) in [6.07, 6.45) is 1.64. The van der Waals surface area contributed by atoms with Gasteiger partial charge in [-0.1, -0.05) is 0 Å². The lowest BCUT2D eigenvalue weighted by Crippen LogP contribution is -2.07. The van der Waals surface area contributed by atoms with Gasteiger partial charge in [-0.25, -0.2) is 4.79 Å². The first-order valence-corrected chi connectivity index (χ1v) is 5.14. The summed E-state index contributed by atoms with van der Waals surface area (Å²) in [6, 6.07) is 2.96. The number of aromatic carboxylic acids is 1. The molecule has 0 fully saturated rings. The van der Waals surface area contributed by atoms with E-state index in [-0.39, 0.29) is 5.76 Å². The van der Waals surface area contributed by atoms with Crippen LogP contribution < -0.4 is 5.32 Å². The third-order valence-corrected chi connectivity index (χ3v) is 2.27. The molecule has 2 aromatic heterocycles. The van der Waals surface area contributed by atoms with Gasteiger partial charge < -0.3 is 19.4 Å². The van der Waals surface area contributed by atoms with E-state index in [1.807, 2.05) is 11.5 Å². The van der Waals surface area contributed by atoms with E-state index in [2.05, 4.69) is 15.5 Å². The molecule has 0 bridgehead atoms. The molecule has 0 saturated heterocycles. The van der Waals surface area contributed by atoms with E-state index in [1.54, 1.807) is 12.4 Å². The fourth-order valence-electron chi connectivity index (χ4n) is 1.39. The van der Waals surface area contributed by atoms with Crippen LogP contribution in [-0.4, -0.2) is 25.8 Å². The summed E-state index contributed by atoms with van der Waals surface area (Å²) in [4.78, 5) is 10.6. The molecule has 0 atom stereocenters. The predicted octanol–water partition coefficient (Wildman–Crippen LogP) is 1.20. The van der Waals surface area contributed by atoms with Crippen molar-refractivity contribution < 1.29 is 14.3 Å². The van der Waals surface area contributed by atoms with Crippen molar-refractivity contribution in [3.05, 3.63) is 30.0 Å². The van der Waals surface area contributed by atoms with E-state index in [9.17, 15) is 4.79 Å². The van der Waals surface area contributed by atoms with Crippen molar-refractivity contribution in [3.63, 3.8) is 0 Å². The van der Waals surface area contributed by atoms with Crippen molar-refractivity contribution in [2.24, 2.45) is 0 Å². The highest BCUT2D eigenvalue weighted by molar-refractivity contribution is 5.84. The van der Waals surface area contributed by atoms with Gasteiger partial charge in [0.1, 0.15) is 6.33 Å². The van der Waals surface area contributed by atoms with Gasteiger partial charge in [0.05, 0.1) is 6.54 Å². The quantitative estimate of drug-likeness (QED) is 0.810. The Bertz CT molecular complexity index is 517. The van der Waals surface area contributed by atoms with Gasteiger partial charge in [0.25, 0.3) is 0 Å². The Hall–Kier alpha value is -2.31. The van der Waals surface area contributed by atoms with E-state index < -0.39 is 5.97 Å². The van der Waals surface area contributed by atoms with Crippen molar-refractivity contribution in [1.82, 2.24) is 14.8 Å². The molecule has 0 aliphatic heterocycles. The smallest absolute Gasteiger partial charge is 0.371 e. The number of rotatable bonds is 5. The fourth-order valence-corrected chi connectivity index (χ4v) is 1.39. The average Bonchev–Trinajstić information content (AvgIpc) is 2.95. The summed E-state index contributed by atoms with van der Waals surface area (Å²) in [5.74, 6) is -0.0203. The minimum Gasteiger partial charge on any atom is -0.475 e. The van der Waals surface area contributed by atoms with Crippen molar-refractivity contribution in [2.75, 3.05) is 5.32 Å². The summed E-state index contributed by atoms with van der Waals surface area (Å²) in [5.41, 5.74) is 0. The molecular formula is C10H12N4O3. The molecule has 0 aliphatic rings. The molecule has 2 N–H and O–H groups in total. The lowest BCUT2D eigenvalue weighted by Gasteiger charge is -2.03. The maximum absolute atomic E-state index is 10.6. The number of aromatic nitrogens is 3. The van der Waals surface area contributed by atoms with Gasteiger partial charge in [-0.05, 0) is 13.0 Å². The second-order valence-corrected chi connectivity index (χ2v) is 3.36. The summed E-state index contributed by atoms with van der Waals surface area (Å²) < 4.78 is 6.93. The number of hydrogen-bond acceptors (Lipinski definition) is 5. The van der Waals surface area contributed by atoms with Crippen molar-refractivity contribution >= 4 is 11.9 Å². The third-order valence-electron chi connectivity index (χ3n) is 2.27. The zero-order valence-corrected chi connectivity index (χ0v) is 9.25. The average molecular weight is 236 g/mol. The minimum absolute atomic E-state index is 0.0931. The van der Waals surface area contributed by atoms with Gasteiger partial charge in [-0.15, -0.1) is 10.2 Å². The predicted molar refractivity (Wildman–Crippen MR) is 58.7 cm³/mol. The number of nitrogens with zero attached hydrogens (tertiary/aromatic N) is 3. The molecule has 2 heterocycles. The maximum atomic E-state index is 10.6. The van der Waals surface area contributed by atoms with Gasteiger partial charge in [-0.2, -0.15) is 0 Å². The molecule has 0 radical (unpaired) electrons. The SMILES string of the molecule is CCn1cnnc1CNc1ccc(C(=O)O)o1. The topological polar surface area (TPSA) is 93.2 Å². The molecule has 2 aromatic rings. The number of aryl methyl sites for hydroxylation is 1. The molecule has 0 saturated carbocycles. The van der Waals surface area contributed by atoms with Gasteiger partial charge in [-0.3, -0.25) is 0 Å². The molecule has 0 amide bonds. The summed E-state index contributed by atoms with van der Waals surface area (Å²) in [7, 11) is 0. The Kier molecular flexibility index (Phi) is 3.08. The van der Waals surface area contributed by atoms with Crippen LogP contribution in [0, 0.1) is 0 Å². The monoisotopic (exact) mass is 236 g/mol. The Morgan fingerprint density at radius 1 is 1.59 bits per heavy atom. The Labute approximate surface area is 97.1 Å². The first-order chi connectivity index (χ1) is 8.20. The number of carboxylic acid groups (broad SMARTS) is 1. The fraction of sp³-hybridized carbons (Fsp3) is 0.300. The number of carboxylic acids is 1. The second kappa shape index (κ2) is 4.69. The molecule has 7 heteroatoms. The Balaban J connectivity index is 2.00. The van der Waals surface area contributed by atoms with Crippen LogP contribution in [0.2, 0.25) is 0 Å². The van der Waals surface area contributed by atoms with E-state index >= 15 is 0 Å². The van der Waals surface area contributed by atoms with Gasteiger partial charge in [0, 0.05) is 12.6 Å². The van der Waals surface area contributed by atoms with Crippen LogP contribution in [0.25, 0.3) is 0 Å². The molecular weight excluding hydrogens is 224 g/mol. The van der Waals surface area contributed by atoms with Crippen LogP contribution in [0.5, 0.6) is 0 Å². The standard InChI is InChI=1S/C10H12N4O3/c1-2-14-6-12-13-8(14)5-11-9-4-3-7(17-9)10(15)16/h3-4,6,11H,2,5H2,1H3,(H,15,16). The number of carbonyl (C=O) groups is 1. The minimum atomic E-state index is -1.09. The molecule has 0 unspecified atom stereocenters. The summed E-state index contributed by atoms with van der Waals surface area (Å²) in [6.45, 7) is 3.20. The summed E-state index contributed by atoms with van der Waals surface area (Å²) >= 11 is 0.